The highest BCUT2D eigenvalue weighted by atomic mass is 16.7. The molecule has 1 N–H and O–H groups in total. The molecule has 0 aliphatic carbocycles. The number of carbonyl (C=O) groups excluding carboxylic acids is 4. The van der Waals surface area contributed by atoms with Gasteiger partial charge >= 0.3 is 23.9 Å². The minimum atomic E-state index is -1.35. The van der Waals surface area contributed by atoms with Crippen molar-refractivity contribution in [1.29, 1.82) is 0 Å². The molecule has 0 aromatic heterocycles. The summed E-state index contributed by atoms with van der Waals surface area (Å²) in [5.41, 5.74) is 2.67. The van der Waals surface area contributed by atoms with Gasteiger partial charge in [0, 0.05) is 27.7 Å². The van der Waals surface area contributed by atoms with Crippen LogP contribution >= 0.6 is 0 Å². The summed E-state index contributed by atoms with van der Waals surface area (Å²) in [7, 11) is 0. The monoisotopic (exact) mass is 558 g/mol. The first-order chi connectivity index (χ1) is 18.8. The van der Waals surface area contributed by atoms with Crippen LogP contribution < -0.4 is 4.74 Å². The molecular weight excluding hydrogens is 524 g/mol. The fourth-order valence-corrected chi connectivity index (χ4v) is 4.42. The van der Waals surface area contributed by atoms with Crippen molar-refractivity contribution in [2.75, 3.05) is 6.61 Å². The lowest BCUT2D eigenvalue weighted by molar-refractivity contribution is -0.288. The van der Waals surface area contributed by atoms with Crippen LogP contribution in [0.25, 0.3) is 11.1 Å². The number of benzene rings is 2. The molecule has 0 bridgehead atoms. The summed E-state index contributed by atoms with van der Waals surface area (Å²) in [6.07, 6.45) is -6.43. The number of aromatic hydroxyl groups is 1. The topological polar surface area (TPSA) is 144 Å². The minimum absolute atomic E-state index is 0.125. The average Bonchev–Trinajstić information content (AvgIpc) is 2.86. The molecule has 1 aliphatic rings. The molecule has 1 fully saturated rings. The first-order valence-electron chi connectivity index (χ1n) is 12.8. The third kappa shape index (κ3) is 7.95. The number of hydrogen-bond donors (Lipinski definition) is 1. The van der Waals surface area contributed by atoms with Crippen molar-refractivity contribution in [2.24, 2.45) is 0 Å². The molecule has 3 rings (SSSR count). The van der Waals surface area contributed by atoms with Crippen LogP contribution in [-0.2, 0) is 42.9 Å². The van der Waals surface area contributed by atoms with E-state index in [0.29, 0.717) is 5.75 Å². The third-order valence-corrected chi connectivity index (χ3v) is 6.03. The first-order valence-corrected chi connectivity index (χ1v) is 12.8. The first kappa shape index (κ1) is 30.4. The molecule has 0 radical (unpaired) electrons. The Labute approximate surface area is 232 Å². The quantitative estimate of drug-likeness (QED) is 0.356. The van der Waals surface area contributed by atoms with E-state index in [1.165, 1.54) is 6.92 Å². The Bertz CT molecular complexity index is 1220. The Morgan fingerprint density at radius 1 is 0.800 bits per heavy atom. The van der Waals surface area contributed by atoms with Gasteiger partial charge in [0.2, 0.25) is 12.4 Å². The second kappa shape index (κ2) is 13.3. The summed E-state index contributed by atoms with van der Waals surface area (Å²) in [6, 6.07) is 12.1. The van der Waals surface area contributed by atoms with Crippen molar-refractivity contribution in [3.8, 4) is 22.6 Å². The van der Waals surface area contributed by atoms with Gasteiger partial charge in [0.1, 0.15) is 24.2 Å². The highest BCUT2D eigenvalue weighted by molar-refractivity contribution is 5.71. The summed E-state index contributed by atoms with van der Waals surface area (Å²) in [4.78, 5) is 47.6. The zero-order valence-corrected chi connectivity index (χ0v) is 23.2. The standard InChI is InChI=1S/C29H34O11/c1-15(2)23-12-11-22(13-24(23)20-7-9-21(34)10-8-20)39-29-28(38-19(6)33)27(37-18(5)32)26(36-17(4)31)25(40-29)14-35-16(3)30/h7-13,15,25-29,34H,14H2,1-6H3/t25-,26-,27+,28-,29?/m1/s1. The predicted molar refractivity (Wildman–Crippen MR) is 140 cm³/mol. The van der Waals surface area contributed by atoms with Gasteiger partial charge in [-0.05, 0) is 46.9 Å². The molecule has 11 heteroatoms. The summed E-state index contributed by atoms with van der Waals surface area (Å²) >= 11 is 0. The fraction of sp³-hybridized carbons (Fsp3) is 0.448. The van der Waals surface area contributed by atoms with Crippen molar-refractivity contribution in [3.05, 3.63) is 48.0 Å². The number of phenolic OH excluding ortho intramolecular Hbond substituents is 1. The molecule has 2 aromatic rings. The van der Waals surface area contributed by atoms with E-state index in [-0.39, 0.29) is 18.3 Å². The van der Waals surface area contributed by atoms with Gasteiger partial charge < -0.3 is 33.5 Å². The van der Waals surface area contributed by atoms with Gasteiger partial charge in [0.05, 0.1) is 0 Å². The lowest BCUT2D eigenvalue weighted by Crippen LogP contribution is -2.63. The minimum Gasteiger partial charge on any atom is -0.508 e. The van der Waals surface area contributed by atoms with E-state index >= 15 is 0 Å². The van der Waals surface area contributed by atoms with Crippen LogP contribution in [0.5, 0.6) is 11.5 Å². The van der Waals surface area contributed by atoms with Crippen molar-refractivity contribution in [2.45, 2.75) is 78.2 Å². The molecule has 1 heterocycles. The van der Waals surface area contributed by atoms with Crippen molar-refractivity contribution < 1.29 is 52.7 Å². The fourth-order valence-electron chi connectivity index (χ4n) is 4.42. The number of phenols is 1. The molecule has 11 nitrogen and oxygen atoms in total. The maximum absolute atomic E-state index is 12.1. The van der Waals surface area contributed by atoms with Gasteiger partial charge in [-0.1, -0.05) is 32.0 Å². The Morgan fingerprint density at radius 2 is 1.38 bits per heavy atom. The number of ether oxygens (including phenoxy) is 6. The number of rotatable bonds is 9. The number of carbonyl (C=O) groups is 4. The summed E-state index contributed by atoms with van der Waals surface area (Å²) in [5.74, 6) is -2.18. The van der Waals surface area contributed by atoms with Gasteiger partial charge in [-0.25, -0.2) is 0 Å². The van der Waals surface area contributed by atoms with Gasteiger partial charge in [-0.2, -0.15) is 0 Å². The maximum Gasteiger partial charge on any atom is 0.303 e. The molecule has 0 saturated carbocycles. The van der Waals surface area contributed by atoms with Crippen LogP contribution in [0, 0.1) is 0 Å². The van der Waals surface area contributed by atoms with Crippen molar-refractivity contribution in [3.63, 3.8) is 0 Å². The molecular formula is C29H34O11. The van der Waals surface area contributed by atoms with Gasteiger partial charge in [-0.3, -0.25) is 19.2 Å². The molecule has 1 saturated heterocycles. The van der Waals surface area contributed by atoms with Gasteiger partial charge in [-0.15, -0.1) is 0 Å². The Balaban J connectivity index is 2.05. The molecule has 40 heavy (non-hydrogen) atoms. The van der Waals surface area contributed by atoms with Crippen molar-refractivity contribution >= 4 is 23.9 Å². The van der Waals surface area contributed by atoms with E-state index < -0.39 is 54.6 Å². The normalized spacial score (nSPS) is 22.2. The summed E-state index contributed by atoms with van der Waals surface area (Å²) in [5, 5.41) is 9.74. The van der Waals surface area contributed by atoms with Gasteiger partial charge in [0.15, 0.2) is 12.2 Å². The summed E-state index contributed by atoms with van der Waals surface area (Å²) in [6.45, 7) is 8.38. The maximum atomic E-state index is 12.1. The number of hydrogen-bond acceptors (Lipinski definition) is 11. The molecule has 2 aromatic carbocycles. The van der Waals surface area contributed by atoms with Crippen LogP contribution in [0.2, 0.25) is 0 Å². The van der Waals surface area contributed by atoms with E-state index in [4.69, 9.17) is 28.4 Å². The second-order valence-electron chi connectivity index (χ2n) is 9.64. The average molecular weight is 559 g/mol. The third-order valence-electron chi connectivity index (χ3n) is 6.03. The van der Waals surface area contributed by atoms with E-state index in [1.54, 1.807) is 36.4 Å². The van der Waals surface area contributed by atoms with Crippen LogP contribution in [0.1, 0.15) is 53.0 Å². The Kier molecular flexibility index (Phi) is 10.1. The zero-order chi connectivity index (χ0) is 29.6. The van der Waals surface area contributed by atoms with E-state index in [9.17, 15) is 24.3 Å². The zero-order valence-electron chi connectivity index (χ0n) is 23.2. The van der Waals surface area contributed by atoms with E-state index in [1.807, 2.05) is 19.9 Å². The molecule has 5 atom stereocenters. The van der Waals surface area contributed by atoms with Crippen LogP contribution in [0.3, 0.4) is 0 Å². The Morgan fingerprint density at radius 3 is 1.93 bits per heavy atom. The van der Waals surface area contributed by atoms with Crippen LogP contribution in [0.15, 0.2) is 42.5 Å². The predicted octanol–water partition coefficient (Wildman–Crippen LogP) is 3.64. The second-order valence-corrected chi connectivity index (χ2v) is 9.64. The molecule has 1 unspecified atom stereocenters. The number of esters is 4. The van der Waals surface area contributed by atoms with E-state index in [2.05, 4.69) is 0 Å². The summed E-state index contributed by atoms with van der Waals surface area (Å²) < 4.78 is 33.6. The highest BCUT2D eigenvalue weighted by Crippen LogP contribution is 2.36. The lowest BCUT2D eigenvalue weighted by atomic mass is 9.92. The van der Waals surface area contributed by atoms with Crippen LogP contribution in [-0.4, -0.2) is 66.3 Å². The van der Waals surface area contributed by atoms with E-state index in [0.717, 1.165) is 37.5 Å². The van der Waals surface area contributed by atoms with Crippen LogP contribution in [0.4, 0.5) is 0 Å². The molecule has 1 aliphatic heterocycles. The van der Waals surface area contributed by atoms with Crippen molar-refractivity contribution in [1.82, 2.24) is 0 Å². The smallest absolute Gasteiger partial charge is 0.303 e. The molecule has 0 amide bonds. The largest absolute Gasteiger partial charge is 0.508 e. The SMILES string of the molecule is CC(=O)OC[C@H]1OC(Oc2ccc(C(C)C)c(-c3ccc(O)cc3)c2)[C@H](OC(C)=O)[C@@H](OC(C)=O)[C@@H]1OC(C)=O. The molecule has 216 valence electrons. The lowest BCUT2D eigenvalue weighted by Gasteiger charge is -2.44. The Hall–Kier alpha value is -4.12. The highest BCUT2D eigenvalue weighted by Gasteiger charge is 2.53. The van der Waals surface area contributed by atoms with Gasteiger partial charge in [0.25, 0.3) is 0 Å². The molecule has 0 spiro atoms.